The number of hydrogen-bond donors (Lipinski definition) is 8. The summed E-state index contributed by atoms with van der Waals surface area (Å²) in [4.78, 5) is 50.5. The van der Waals surface area contributed by atoms with Crippen molar-refractivity contribution in [2.45, 2.75) is 203 Å². The Labute approximate surface area is 466 Å². The van der Waals surface area contributed by atoms with Crippen molar-refractivity contribution in [3.63, 3.8) is 0 Å². The molecular weight excluding hydrogens is 1020 g/mol. The largest absolute Gasteiger partial charge is 0.464 e. The van der Waals surface area contributed by atoms with Gasteiger partial charge in [-0.2, -0.15) is 0 Å². The molecule has 1 aromatic heterocycles. The molecule has 2 aliphatic rings. The van der Waals surface area contributed by atoms with E-state index in [-0.39, 0.29) is 38.0 Å². The van der Waals surface area contributed by atoms with Gasteiger partial charge in [0.05, 0.1) is 25.5 Å². The number of aliphatic hydroxyl groups excluding tert-OH is 5. The van der Waals surface area contributed by atoms with Crippen LogP contribution in [-0.2, 0) is 60.5 Å². The van der Waals surface area contributed by atoms with Crippen molar-refractivity contribution in [2.24, 2.45) is 0 Å². The Hall–Kier alpha value is -5.14. The summed E-state index contributed by atoms with van der Waals surface area (Å²) in [6.45, 7) is 4.91. The molecule has 0 bridgehead atoms. The van der Waals surface area contributed by atoms with E-state index in [2.05, 4.69) is 93.9 Å². The lowest BCUT2D eigenvalue weighted by Crippen LogP contribution is -2.62. The van der Waals surface area contributed by atoms with Gasteiger partial charge in [0.25, 0.3) is 0 Å². The lowest BCUT2D eigenvalue weighted by Gasteiger charge is -2.43. The van der Waals surface area contributed by atoms with Crippen LogP contribution in [0.5, 0.6) is 0 Å². The van der Waals surface area contributed by atoms with Crippen molar-refractivity contribution in [2.75, 3.05) is 47.1 Å². The average molecular weight is 1120 g/mol. The molecule has 0 spiro atoms. The van der Waals surface area contributed by atoms with Crippen LogP contribution >= 0.6 is 0 Å². The van der Waals surface area contributed by atoms with Gasteiger partial charge in [-0.05, 0) is 96.8 Å². The molecule has 4 unspecified atom stereocenters. The minimum atomic E-state index is -1.64. The first-order valence-corrected chi connectivity index (χ1v) is 28.1. The summed E-state index contributed by atoms with van der Waals surface area (Å²) in [7, 11) is 2.63. The predicted octanol–water partition coefficient (Wildman–Crippen LogP) is 4.63. The van der Waals surface area contributed by atoms with Crippen LogP contribution in [-0.4, -0.2) is 179 Å². The van der Waals surface area contributed by atoms with Crippen LogP contribution in [0.2, 0.25) is 0 Å². The van der Waals surface area contributed by atoms with Gasteiger partial charge >= 0.3 is 12.1 Å². The van der Waals surface area contributed by atoms with Gasteiger partial charge < -0.3 is 74.6 Å². The first-order chi connectivity index (χ1) is 38.3. The third-order valence-electron chi connectivity index (χ3n) is 12.8. The third kappa shape index (κ3) is 28.2. The zero-order chi connectivity index (χ0) is 57.5. The third-order valence-corrected chi connectivity index (χ3v) is 12.8. The number of aliphatic hydroxyl groups is 5. The highest BCUT2D eigenvalue weighted by Gasteiger charge is 2.49. The molecule has 11 atom stereocenters. The van der Waals surface area contributed by atoms with Crippen molar-refractivity contribution >= 4 is 23.9 Å². The Morgan fingerprint density at radius 2 is 1.27 bits per heavy atom. The number of ether oxygens (including phenoxy) is 7. The standard InChI is InChI=1S/C57H92N6O16/c1-5-7-8-9-10-11-12-13-14-15-16-17-18-19-20-21-22-23-26-34-47(65)60-43(54(71)75-6-2)33-27-29-36-58-46(64)35-31-32-42-39-63(62-61-42)38-30-25-24-28-37-59-57(72)79-53-49(67)45(77-55(74-4)52(53)70)41-76-56-51(69)50(68)48(66)44(78-56)40-73-3/h7-8,10-11,13-14,16-17,19-20,22-23,39,43-45,48-53,55-56,66-70H,5-6,9,12,15,18,21,24-38,40-41H2,1-4H3,(H,58,64)(H,59,72)(H,60,65)/b8-7-,11-10-,14-13-,17-16-,20-19-,23-22-/t43-,44?,45?,48+,49+,50-,51?,52?,53-,55-,56+/m0/s1. The number of nitrogens with one attached hydrogen (secondary N) is 3. The normalized spacial score (nSPS) is 24.1. The maximum atomic E-state index is 12.7. The number of carbonyl (C=O) groups excluding carboxylic acids is 4. The molecule has 2 fully saturated rings. The minimum Gasteiger partial charge on any atom is -0.464 e. The fraction of sp³-hybridized carbons (Fsp3) is 0.684. The Morgan fingerprint density at radius 3 is 1.91 bits per heavy atom. The molecule has 3 amide bonds. The van der Waals surface area contributed by atoms with Crippen LogP contribution in [0.15, 0.2) is 79.1 Å². The zero-order valence-corrected chi connectivity index (χ0v) is 46.9. The van der Waals surface area contributed by atoms with Crippen LogP contribution in [0.1, 0.15) is 129 Å². The second-order valence-electron chi connectivity index (χ2n) is 19.3. The van der Waals surface area contributed by atoms with Crippen LogP contribution in [0.3, 0.4) is 0 Å². The van der Waals surface area contributed by atoms with E-state index < -0.39 is 86.1 Å². The van der Waals surface area contributed by atoms with Gasteiger partial charge in [0.1, 0.15) is 48.8 Å². The average Bonchev–Trinajstić information content (AvgIpc) is 3.89. The van der Waals surface area contributed by atoms with Crippen LogP contribution in [0.4, 0.5) is 4.79 Å². The smallest absolute Gasteiger partial charge is 0.407 e. The highest BCUT2D eigenvalue weighted by molar-refractivity contribution is 5.84. The summed E-state index contributed by atoms with van der Waals surface area (Å²) < 4.78 is 39.3. The molecule has 79 heavy (non-hydrogen) atoms. The highest BCUT2D eigenvalue weighted by atomic mass is 16.7. The molecule has 0 saturated carbocycles. The van der Waals surface area contributed by atoms with E-state index in [1.807, 2.05) is 18.3 Å². The molecule has 8 N–H and O–H groups in total. The summed E-state index contributed by atoms with van der Waals surface area (Å²) in [5.74, 6) is -0.754. The quantitative estimate of drug-likeness (QED) is 0.0252. The lowest BCUT2D eigenvalue weighted by molar-refractivity contribution is -0.328. The first kappa shape index (κ1) is 68.1. The number of allylic oxidation sites excluding steroid dienone is 12. The number of hydrogen-bond acceptors (Lipinski definition) is 18. The Kier molecular flexibility index (Phi) is 36.1. The Morgan fingerprint density at radius 1 is 0.658 bits per heavy atom. The summed E-state index contributed by atoms with van der Waals surface area (Å²) in [5.41, 5.74) is 0.782. The molecule has 0 aromatic carbocycles. The maximum absolute atomic E-state index is 12.7. The van der Waals surface area contributed by atoms with E-state index in [4.69, 9.17) is 33.2 Å². The molecule has 22 nitrogen and oxygen atoms in total. The topological polar surface area (TPSA) is 301 Å². The molecule has 22 heteroatoms. The van der Waals surface area contributed by atoms with E-state index in [0.29, 0.717) is 64.5 Å². The van der Waals surface area contributed by atoms with Gasteiger partial charge in [0.15, 0.2) is 18.7 Å². The van der Waals surface area contributed by atoms with Crippen LogP contribution in [0.25, 0.3) is 0 Å². The molecule has 2 saturated heterocycles. The molecular formula is C57H92N6O16. The number of alkyl carbamates (subject to hydrolysis) is 1. The van der Waals surface area contributed by atoms with E-state index in [9.17, 15) is 44.7 Å². The van der Waals surface area contributed by atoms with E-state index in [1.165, 1.54) is 14.2 Å². The molecule has 3 rings (SSSR count). The number of nitrogens with zero attached hydrogens (tertiary/aromatic N) is 3. The second kappa shape index (κ2) is 41.8. The number of carbonyl (C=O) groups is 4. The minimum absolute atomic E-state index is 0.0800. The number of aromatic nitrogens is 3. The predicted molar refractivity (Wildman–Crippen MR) is 295 cm³/mol. The fourth-order valence-electron chi connectivity index (χ4n) is 8.42. The lowest BCUT2D eigenvalue weighted by atomic mass is 9.98. The van der Waals surface area contributed by atoms with Crippen LogP contribution < -0.4 is 16.0 Å². The fourth-order valence-corrected chi connectivity index (χ4v) is 8.42. The molecule has 1 aromatic rings. The molecule has 3 heterocycles. The summed E-state index contributed by atoms with van der Waals surface area (Å²) in [6.07, 6.45) is 25.1. The Balaban J connectivity index is 1.21. The number of aryl methyl sites for hydroxylation is 2. The number of rotatable bonds is 40. The van der Waals surface area contributed by atoms with Crippen molar-refractivity contribution in [3.8, 4) is 0 Å². The number of unbranched alkanes of at least 4 members (excludes halogenated alkanes) is 4. The summed E-state index contributed by atoms with van der Waals surface area (Å²) in [6, 6.07) is -0.746. The molecule has 446 valence electrons. The molecule has 0 aliphatic carbocycles. The second-order valence-corrected chi connectivity index (χ2v) is 19.3. The molecule has 0 radical (unpaired) electrons. The Bertz CT molecular complexity index is 2030. The van der Waals surface area contributed by atoms with E-state index in [1.54, 1.807) is 11.6 Å². The van der Waals surface area contributed by atoms with Gasteiger partial charge in [0.2, 0.25) is 11.8 Å². The maximum Gasteiger partial charge on any atom is 0.407 e. The van der Waals surface area contributed by atoms with Gasteiger partial charge in [0, 0.05) is 52.9 Å². The van der Waals surface area contributed by atoms with Crippen LogP contribution in [0, 0.1) is 0 Å². The number of methoxy groups -OCH3 is 2. The van der Waals surface area contributed by atoms with Gasteiger partial charge in [-0.25, -0.2) is 9.59 Å². The van der Waals surface area contributed by atoms with Gasteiger partial charge in [-0.1, -0.05) is 97.9 Å². The highest BCUT2D eigenvalue weighted by Crippen LogP contribution is 2.27. The van der Waals surface area contributed by atoms with Crippen molar-refractivity contribution < 1.29 is 77.9 Å². The SMILES string of the molecule is CC/C=C\C/C=C\C/C=C\C/C=C\C/C=C\C/C=C\CCC(=O)N[C@@H](CCCCNC(=O)CCCc1cn(CCCCCCNC(=O)O[C@@H]2C(O)[C@@H](OC)OC(CO[C@@H]3OC(COC)[C@@H](O)[C@H](O)C3O)[C@H]2O)nn1)C(=O)OCC. The van der Waals surface area contributed by atoms with Crippen molar-refractivity contribution in [3.05, 3.63) is 84.8 Å². The van der Waals surface area contributed by atoms with Crippen molar-refractivity contribution in [1.29, 1.82) is 0 Å². The summed E-state index contributed by atoms with van der Waals surface area (Å²) in [5, 5.41) is 69.3. The van der Waals surface area contributed by atoms with E-state index >= 15 is 0 Å². The van der Waals surface area contributed by atoms with Gasteiger partial charge in [-0.15, -0.1) is 5.10 Å². The number of amides is 3. The van der Waals surface area contributed by atoms with E-state index in [0.717, 1.165) is 63.5 Å². The zero-order valence-electron chi connectivity index (χ0n) is 46.9. The van der Waals surface area contributed by atoms with Gasteiger partial charge in [-0.3, -0.25) is 14.3 Å². The number of esters is 1. The molecule has 2 aliphatic heterocycles. The van der Waals surface area contributed by atoms with Crippen molar-refractivity contribution in [1.82, 2.24) is 30.9 Å². The monoisotopic (exact) mass is 1120 g/mol. The first-order valence-electron chi connectivity index (χ1n) is 28.1. The summed E-state index contributed by atoms with van der Waals surface area (Å²) >= 11 is 0.